The molecule has 0 aromatic heterocycles. The van der Waals surface area contributed by atoms with Gasteiger partial charge in [0.1, 0.15) is 0 Å². The van der Waals surface area contributed by atoms with E-state index in [0.29, 0.717) is 0 Å². The molecule has 58 valence electrons. The number of carbonyl (C=O) groups excluding carboxylic acids is 2. The summed E-state index contributed by atoms with van der Waals surface area (Å²) in [6.45, 7) is 0.920. The fraction of sp³-hybridized carbons (Fsp3) is 0.600. The van der Waals surface area contributed by atoms with Crippen molar-refractivity contribution in [1.29, 1.82) is 0 Å². The molecule has 0 aromatic carbocycles. The van der Waals surface area contributed by atoms with Crippen molar-refractivity contribution < 1.29 is 19.2 Å². The first kappa shape index (κ1) is 8.90. The van der Waals surface area contributed by atoms with Crippen LogP contribution in [0.4, 0.5) is 0 Å². The van der Waals surface area contributed by atoms with Crippen molar-refractivity contribution in [2.75, 3.05) is 13.7 Å². The summed E-state index contributed by atoms with van der Waals surface area (Å²) < 4.78 is 4.33. The third-order valence-electron chi connectivity index (χ3n) is 0.622. The van der Waals surface area contributed by atoms with Gasteiger partial charge >= 0.3 is 5.97 Å². The van der Waals surface area contributed by atoms with Crippen LogP contribution in [0.3, 0.4) is 0 Å². The molecule has 0 radical (unpaired) electrons. The summed E-state index contributed by atoms with van der Waals surface area (Å²) in [7, 11) is 1.30. The molecule has 0 aliphatic heterocycles. The highest BCUT2D eigenvalue weighted by Crippen LogP contribution is 1.75. The van der Waals surface area contributed by atoms with Crippen molar-refractivity contribution in [3.63, 3.8) is 0 Å². The Labute approximate surface area is 58.3 Å². The molecule has 0 bridgehead atoms. The number of rotatable bonds is 3. The van der Waals surface area contributed by atoms with Gasteiger partial charge in [0.15, 0.2) is 6.61 Å². The second-order valence-electron chi connectivity index (χ2n) is 1.51. The van der Waals surface area contributed by atoms with Gasteiger partial charge in [0.2, 0.25) is 0 Å². The van der Waals surface area contributed by atoms with Gasteiger partial charge in [-0.1, -0.05) is 0 Å². The van der Waals surface area contributed by atoms with Crippen LogP contribution in [0.1, 0.15) is 6.92 Å². The lowest BCUT2D eigenvalue weighted by Gasteiger charge is -2.00. The lowest BCUT2D eigenvalue weighted by atomic mass is 10.7. The van der Waals surface area contributed by atoms with E-state index in [9.17, 15) is 9.59 Å². The molecule has 0 atom stereocenters. The van der Waals surface area contributed by atoms with Crippen molar-refractivity contribution in [1.82, 2.24) is 5.48 Å². The summed E-state index contributed by atoms with van der Waals surface area (Å²) in [4.78, 5) is 24.8. The number of amides is 1. The predicted molar refractivity (Wildman–Crippen MR) is 31.8 cm³/mol. The van der Waals surface area contributed by atoms with E-state index in [1.807, 2.05) is 5.48 Å². The quantitative estimate of drug-likeness (QED) is 0.420. The third kappa shape index (κ3) is 5.04. The van der Waals surface area contributed by atoms with Crippen LogP contribution in [0, 0.1) is 0 Å². The van der Waals surface area contributed by atoms with Crippen LogP contribution >= 0.6 is 0 Å². The smallest absolute Gasteiger partial charge is 0.303 e. The number of ether oxygens (including phenoxy) is 1. The summed E-state index contributed by atoms with van der Waals surface area (Å²) in [5.74, 6) is -0.982. The van der Waals surface area contributed by atoms with E-state index in [2.05, 4.69) is 9.57 Å². The fourth-order valence-electron chi connectivity index (χ4n) is 0.310. The minimum atomic E-state index is -0.494. The Morgan fingerprint density at radius 2 is 2.10 bits per heavy atom. The maximum absolute atomic E-state index is 10.4. The molecule has 1 N–H and O–H groups in total. The molecule has 0 aliphatic rings. The van der Waals surface area contributed by atoms with Gasteiger partial charge in [-0.2, -0.15) is 0 Å². The molecule has 0 saturated heterocycles. The number of hydrogen-bond acceptors (Lipinski definition) is 4. The average molecular weight is 147 g/mol. The monoisotopic (exact) mass is 147 g/mol. The van der Waals surface area contributed by atoms with Crippen LogP contribution in [-0.4, -0.2) is 25.6 Å². The molecule has 0 aromatic rings. The second-order valence-corrected chi connectivity index (χ2v) is 1.51. The summed E-state index contributed by atoms with van der Waals surface area (Å²) in [6, 6.07) is 0. The van der Waals surface area contributed by atoms with Gasteiger partial charge in [-0.3, -0.25) is 14.4 Å². The summed E-state index contributed by atoms with van der Waals surface area (Å²) in [5, 5.41) is 0. The molecule has 0 saturated carbocycles. The molecule has 5 heteroatoms. The van der Waals surface area contributed by atoms with Gasteiger partial charge in [-0.05, 0) is 0 Å². The van der Waals surface area contributed by atoms with E-state index in [4.69, 9.17) is 0 Å². The van der Waals surface area contributed by atoms with Gasteiger partial charge < -0.3 is 4.74 Å². The number of hydrogen-bond donors (Lipinski definition) is 1. The number of esters is 1. The van der Waals surface area contributed by atoms with E-state index < -0.39 is 11.9 Å². The van der Waals surface area contributed by atoms with Crippen LogP contribution in [-0.2, 0) is 19.2 Å². The Morgan fingerprint density at radius 3 is 2.50 bits per heavy atom. The molecular weight excluding hydrogens is 138 g/mol. The second kappa shape index (κ2) is 4.75. The fourth-order valence-corrected chi connectivity index (χ4v) is 0.310. The van der Waals surface area contributed by atoms with Crippen molar-refractivity contribution in [2.45, 2.75) is 6.92 Å². The standard InChI is InChI=1S/C5H9NO4/c1-4(7)10-3-5(8)6-9-2/h3H2,1-2H3,(H,6,8). The largest absolute Gasteiger partial charge is 0.456 e. The van der Waals surface area contributed by atoms with Crippen molar-refractivity contribution >= 4 is 11.9 Å². The SMILES string of the molecule is CONC(=O)COC(C)=O. The van der Waals surface area contributed by atoms with Gasteiger partial charge in [-0.25, -0.2) is 5.48 Å². The molecular formula is C5H9NO4. The van der Waals surface area contributed by atoms with Gasteiger partial charge in [0, 0.05) is 6.92 Å². The Morgan fingerprint density at radius 1 is 1.50 bits per heavy atom. The molecule has 0 fully saturated rings. The zero-order chi connectivity index (χ0) is 7.98. The maximum Gasteiger partial charge on any atom is 0.303 e. The highest BCUT2D eigenvalue weighted by Gasteiger charge is 2.00. The van der Waals surface area contributed by atoms with Crippen LogP contribution in [0.5, 0.6) is 0 Å². The van der Waals surface area contributed by atoms with Crippen molar-refractivity contribution in [3.8, 4) is 0 Å². The van der Waals surface area contributed by atoms with E-state index in [0.717, 1.165) is 0 Å². The maximum atomic E-state index is 10.4. The Hall–Kier alpha value is -1.10. The van der Waals surface area contributed by atoms with Crippen molar-refractivity contribution in [2.24, 2.45) is 0 Å². The lowest BCUT2D eigenvalue weighted by molar-refractivity contribution is -0.150. The Bertz CT molecular complexity index is 134. The zero-order valence-corrected chi connectivity index (χ0v) is 5.84. The first-order valence-electron chi connectivity index (χ1n) is 2.62. The highest BCUT2D eigenvalue weighted by atomic mass is 16.6. The van der Waals surface area contributed by atoms with Crippen LogP contribution < -0.4 is 5.48 Å². The first-order valence-corrected chi connectivity index (χ1v) is 2.62. The topological polar surface area (TPSA) is 64.6 Å². The molecule has 1 amide bonds. The van der Waals surface area contributed by atoms with Gasteiger partial charge in [0.05, 0.1) is 7.11 Å². The van der Waals surface area contributed by atoms with E-state index in [-0.39, 0.29) is 6.61 Å². The molecule has 0 unspecified atom stereocenters. The Kier molecular flexibility index (Phi) is 4.23. The third-order valence-corrected chi connectivity index (χ3v) is 0.622. The normalized spacial score (nSPS) is 8.60. The highest BCUT2D eigenvalue weighted by molar-refractivity contribution is 5.78. The number of hydroxylamine groups is 1. The molecule has 5 nitrogen and oxygen atoms in total. The van der Waals surface area contributed by atoms with Crippen LogP contribution in [0.2, 0.25) is 0 Å². The van der Waals surface area contributed by atoms with Crippen LogP contribution in [0.25, 0.3) is 0 Å². The summed E-state index contributed by atoms with van der Waals surface area (Å²) in [6.07, 6.45) is 0. The van der Waals surface area contributed by atoms with E-state index in [1.165, 1.54) is 14.0 Å². The predicted octanol–water partition coefficient (Wildman–Crippen LogP) is -0.773. The minimum Gasteiger partial charge on any atom is -0.456 e. The average Bonchev–Trinajstić information content (AvgIpc) is 1.85. The van der Waals surface area contributed by atoms with Gasteiger partial charge in [-0.15, -0.1) is 0 Å². The molecule has 10 heavy (non-hydrogen) atoms. The molecule has 0 rings (SSSR count). The Balaban J connectivity index is 3.30. The number of nitrogens with one attached hydrogen (secondary N) is 1. The summed E-state index contributed by atoms with van der Waals surface area (Å²) in [5.41, 5.74) is 1.98. The molecule has 0 heterocycles. The van der Waals surface area contributed by atoms with E-state index >= 15 is 0 Å². The molecule has 0 spiro atoms. The zero-order valence-electron chi connectivity index (χ0n) is 5.84. The van der Waals surface area contributed by atoms with Crippen molar-refractivity contribution in [3.05, 3.63) is 0 Å². The number of carbonyl (C=O) groups is 2. The summed E-state index contributed by atoms with van der Waals surface area (Å²) >= 11 is 0. The molecule has 0 aliphatic carbocycles. The van der Waals surface area contributed by atoms with Crippen LogP contribution in [0.15, 0.2) is 0 Å². The first-order chi connectivity index (χ1) is 4.66. The minimum absolute atomic E-state index is 0.302. The van der Waals surface area contributed by atoms with E-state index in [1.54, 1.807) is 0 Å². The lowest BCUT2D eigenvalue weighted by Crippen LogP contribution is -2.27. The van der Waals surface area contributed by atoms with Gasteiger partial charge in [0.25, 0.3) is 5.91 Å².